The molecule has 2 aliphatic carbocycles. The van der Waals surface area contributed by atoms with Gasteiger partial charge in [0.2, 0.25) is 0 Å². The lowest BCUT2D eigenvalue weighted by Crippen LogP contribution is -2.57. The van der Waals surface area contributed by atoms with Crippen molar-refractivity contribution in [2.45, 2.75) is 75.3 Å². The van der Waals surface area contributed by atoms with Gasteiger partial charge in [-0.15, -0.1) is 0 Å². The Bertz CT molecular complexity index is 741. The summed E-state index contributed by atoms with van der Waals surface area (Å²) in [5.41, 5.74) is 2.27. The molecule has 0 bridgehead atoms. The molecule has 29 heavy (non-hydrogen) atoms. The number of rotatable bonds is 7. The number of hydrogen-bond acceptors (Lipinski definition) is 2. The molecule has 2 aliphatic rings. The molecule has 2 aromatic rings. The fourth-order valence-electron chi connectivity index (χ4n) is 5.23. The van der Waals surface area contributed by atoms with E-state index in [4.69, 9.17) is 8.85 Å². The molecule has 0 aromatic heterocycles. The van der Waals surface area contributed by atoms with E-state index in [1.807, 2.05) is 6.08 Å². The van der Waals surface area contributed by atoms with Crippen molar-refractivity contribution in [1.29, 1.82) is 0 Å². The summed E-state index contributed by atoms with van der Waals surface area (Å²) in [5, 5.41) is 0. The van der Waals surface area contributed by atoms with Crippen molar-refractivity contribution in [3.63, 3.8) is 0 Å². The Morgan fingerprint density at radius 1 is 0.655 bits per heavy atom. The van der Waals surface area contributed by atoms with Crippen LogP contribution in [0.4, 0.5) is 0 Å². The number of para-hydroxylation sites is 1. The molecule has 0 spiro atoms. The van der Waals surface area contributed by atoms with Crippen LogP contribution in [-0.4, -0.2) is 8.56 Å². The Morgan fingerprint density at radius 3 is 1.62 bits per heavy atom. The van der Waals surface area contributed by atoms with Crippen LogP contribution in [0.25, 0.3) is 6.08 Å². The summed E-state index contributed by atoms with van der Waals surface area (Å²) in [6.45, 7) is 3.88. The summed E-state index contributed by atoms with van der Waals surface area (Å²) < 4.78 is 14.1. The standard InChI is InChI=1S/C26H34O2Si/c1-2-22-18-20-24(21-19-22)28-29(25-14-8-4-9-15-25,26-16-10-5-11-17-26)27-23-12-6-3-7-13-23/h2-3,6-7,12-13,18-21,25-26H,1,4-5,8-11,14-17H2. The second-order valence-corrected chi connectivity index (χ2v) is 12.2. The minimum atomic E-state index is -2.53. The van der Waals surface area contributed by atoms with Crippen molar-refractivity contribution in [2.75, 3.05) is 0 Å². The van der Waals surface area contributed by atoms with Crippen molar-refractivity contribution in [3.8, 4) is 11.5 Å². The quantitative estimate of drug-likeness (QED) is 0.435. The molecular weight excluding hydrogens is 372 g/mol. The van der Waals surface area contributed by atoms with Crippen molar-refractivity contribution < 1.29 is 8.85 Å². The van der Waals surface area contributed by atoms with E-state index in [1.54, 1.807) is 0 Å². The monoisotopic (exact) mass is 406 g/mol. The van der Waals surface area contributed by atoms with Gasteiger partial charge in [-0.25, -0.2) is 0 Å². The van der Waals surface area contributed by atoms with Gasteiger partial charge in [0, 0.05) is 11.1 Å². The predicted octanol–water partition coefficient (Wildman–Crippen LogP) is 7.90. The molecule has 0 unspecified atom stereocenters. The zero-order valence-corrected chi connectivity index (χ0v) is 18.5. The molecule has 0 heterocycles. The Kier molecular flexibility index (Phi) is 6.76. The van der Waals surface area contributed by atoms with Gasteiger partial charge in [0.25, 0.3) is 0 Å². The Hall–Kier alpha value is -2.00. The molecule has 0 amide bonds. The van der Waals surface area contributed by atoms with Gasteiger partial charge in [0.1, 0.15) is 11.5 Å². The maximum Gasteiger partial charge on any atom is 0.466 e. The molecule has 0 N–H and O–H groups in total. The molecule has 0 atom stereocenters. The van der Waals surface area contributed by atoms with Crippen LogP contribution in [0.3, 0.4) is 0 Å². The van der Waals surface area contributed by atoms with Gasteiger partial charge in [-0.05, 0) is 55.5 Å². The highest BCUT2D eigenvalue weighted by Gasteiger charge is 2.56. The van der Waals surface area contributed by atoms with Crippen molar-refractivity contribution in [1.82, 2.24) is 0 Å². The van der Waals surface area contributed by atoms with Crippen LogP contribution < -0.4 is 8.85 Å². The van der Waals surface area contributed by atoms with Gasteiger partial charge >= 0.3 is 8.56 Å². The van der Waals surface area contributed by atoms with Gasteiger partial charge in [-0.3, -0.25) is 0 Å². The van der Waals surface area contributed by atoms with Crippen LogP contribution in [0, 0.1) is 0 Å². The van der Waals surface area contributed by atoms with Crippen molar-refractivity contribution in [3.05, 3.63) is 66.7 Å². The van der Waals surface area contributed by atoms with Crippen LogP contribution in [0.2, 0.25) is 11.1 Å². The van der Waals surface area contributed by atoms with E-state index in [9.17, 15) is 0 Å². The van der Waals surface area contributed by atoms with Crippen LogP contribution in [0.15, 0.2) is 61.2 Å². The normalized spacial score (nSPS) is 18.9. The molecule has 2 aromatic carbocycles. The Labute approximate surface area is 177 Å². The van der Waals surface area contributed by atoms with Crippen LogP contribution >= 0.6 is 0 Å². The third-order valence-corrected chi connectivity index (χ3v) is 11.3. The molecule has 2 saturated carbocycles. The third kappa shape index (κ3) is 4.77. The first kappa shape index (κ1) is 20.3. The van der Waals surface area contributed by atoms with Crippen LogP contribution in [0.5, 0.6) is 11.5 Å². The van der Waals surface area contributed by atoms with Gasteiger partial charge in [0.15, 0.2) is 0 Å². The SMILES string of the molecule is C=Cc1ccc(O[Si](Oc2ccccc2)(C2CCCCC2)C2CCCCC2)cc1. The van der Waals surface area contributed by atoms with E-state index < -0.39 is 8.56 Å². The van der Waals surface area contributed by atoms with E-state index in [-0.39, 0.29) is 0 Å². The minimum Gasteiger partial charge on any atom is -0.512 e. The summed E-state index contributed by atoms with van der Waals surface area (Å²) in [4.78, 5) is 0. The lowest BCUT2D eigenvalue weighted by molar-refractivity contribution is 0.290. The van der Waals surface area contributed by atoms with Gasteiger partial charge < -0.3 is 8.85 Å². The highest BCUT2D eigenvalue weighted by atomic mass is 28.4. The Morgan fingerprint density at radius 2 is 1.14 bits per heavy atom. The molecule has 154 valence electrons. The van der Waals surface area contributed by atoms with Crippen LogP contribution in [0.1, 0.15) is 69.8 Å². The fourth-order valence-corrected chi connectivity index (χ4v) is 10.0. The number of hydrogen-bond donors (Lipinski definition) is 0. The lowest BCUT2D eigenvalue weighted by atomic mass is 9.99. The van der Waals surface area contributed by atoms with Gasteiger partial charge in [-0.2, -0.15) is 0 Å². The first-order valence-corrected chi connectivity index (χ1v) is 13.4. The second kappa shape index (κ2) is 9.66. The van der Waals surface area contributed by atoms with Crippen molar-refractivity contribution in [2.24, 2.45) is 0 Å². The van der Waals surface area contributed by atoms with Gasteiger partial charge in [0.05, 0.1) is 0 Å². The maximum absolute atomic E-state index is 7.07. The molecule has 0 saturated heterocycles. The molecule has 2 nitrogen and oxygen atoms in total. The summed E-state index contributed by atoms with van der Waals surface area (Å²) in [6.07, 6.45) is 14.8. The zero-order valence-electron chi connectivity index (χ0n) is 17.5. The average molecular weight is 407 g/mol. The minimum absolute atomic E-state index is 0.568. The highest BCUT2D eigenvalue weighted by Crippen LogP contribution is 2.49. The summed E-state index contributed by atoms with van der Waals surface area (Å²) in [5.74, 6) is 1.95. The van der Waals surface area contributed by atoms with E-state index >= 15 is 0 Å². The first-order chi connectivity index (χ1) is 14.3. The molecule has 0 aliphatic heterocycles. The third-order valence-electron chi connectivity index (χ3n) is 6.76. The van der Waals surface area contributed by atoms with E-state index in [0.717, 1.165) is 17.1 Å². The summed E-state index contributed by atoms with van der Waals surface area (Å²) in [7, 11) is -2.53. The topological polar surface area (TPSA) is 18.5 Å². The van der Waals surface area contributed by atoms with E-state index in [0.29, 0.717) is 11.1 Å². The maximum atomic E-state index is 7.07. The van der Waals surface area contributed by atoms with E-state index in [1.165, 1.54) is 64.2 Å². The zero-order chi connectivity index (χ0) is 19.9. The Balaban J connectivity index is 1.72. The largest absolute Gasteiger partial charge is 0.512 e. The molecule has 0 radical (unpaired) electrons. The van der Waals surface area contributed by atoms with Crippen molar-refractivity contribution >= 4 is 14.6 Å². The van der Waals surface area contributed by atoms with E-state index in [2.05, 4.69) is 61.2 Å². The lowest BCUT2D eigenvalue weighted by Gasteiger charge is -2.45. The van der Waals surface area contributed by atoms with Gasteiger partial charge in [-0.1, -0.05) is 81.5 Å². The first-order valence-electron chi connectivity index (χ1n) is 11.5. The molecule has 4 rings (SSSR count). The molecular formula is C26H34O2Si. The highest BCUT2D eigenvalue weighted by molar-refractivity contribution is 6.72. The van der Waals surface area contributed by atoms with Crippen LogP contribution in [-0.2, 0) is 0 Å². The molecule has 3 heteroatoms. The summed E-state index contributed by atoms with van der Waals surface area (Å²) in [6, 6.07) is 18.9. The average Bonchev–Trinajstić information content (AvgIpc) is 2.81. The molecule has 2 fully saturated rings. The second-order valence-electron chi connectivity index (χ2n) is 8.68. The summed E-state index contributed by atoms with van der Waals surface area (Å²) >= 11 is 0. The predicted molar refractivity (Wildman–Crippen MR) is 124 cm³/mol. The number of benzene rings is 2. The smallest absolute Gasteiger partial charge is 0.466 e. The fraction of sp³-hybridized carbons (Fsp3) is 0.462.